The van der Waals surface area contributed by atoms with Crippen LogP contribution in [0, 0.1) is 17.3 Å². The molecule has 1 aliphatic carbocycles. The molecule has 1 saturated carbocycles. The van der Waals surface area contributed by atoms with Crippen LogP contribution in [0.4, 0.5) is 0 Å². The molecule has 1 heterocycles. The van der Waals surface area contributed by atoms with Crippen molar-refractivity contribution in [1.82, 2.24) is 4.90 Å². The topological polar surface area (TPSA) is 40.5 Å². The average molecular weight is 295 g/mol. The second-order valence-electron chi connectivity index (χ2n) is 8.18. The van der Waals surface area contributed by atoms with Crippen molar-refractivity contribution in [2.45, 2.75) is 71.8 Å². The number of hydrogen-bond acceptors (Lipinski definition) is 3. The summed E-state index contributed by atoms with van der Waals surface area (Å²) < 4.78 is 0. The monoisotopic (exact) mass is 295 g/mol. The first kappa shape index (κ1) is 17.0. The van der Waals surface area contributed by atoms with Crippen LogP contribution in [-0.2, 0) is 4.79 Å². The molecule has 3 unspecified atom stereocenters. The first-order valence-electron chi connectivity index (χ1n) is 8.79. The number of aliphatic hydroxyl groups excluding tert-OH is 1. The molecule has 1 saturated heterocycles. The van der Waals surface area contributed by atoms with Gasteiger partial charge in [0, 0.05) is 24.9 Å². The van der Waals surface area contributed by atoms with E-state index in [1.54, 1.807) is 0 Å². The average Bonchev–Trinajstić information content (AvgIpc) is 2.65. The predicted octanol–water partition coefficient (Wildman–Crippen LogP) is 3.25. The molecule has 3 atom stereocenters. The first-order chi connectivity index (χ1) is 9.91. The SMILES string of the molecule is CC(C)(C)C1CCC(=O)C(CN2CCCCCC2CO)C1. The van der Waals surface area contributed by atoms with E-state index in [9.17, 15) is 9.90 Å². The van der Waals surface area contributed by atoms with Crippen LogP contribution in [0.15, 0.2) is 0 Å². The molecule has 0 aromatic heterocycles. The lowest BCUT2D eigenvalue weighted by Gasteiger charge is -2.39. The van der Waals surface area contributed by atoms with Gasteiger partial charge in [0.15, 0.2) is 0 Å². The highest BCUT2D eigenvalue weighted by molar-refractivity contribution is 5.82. The number of carbonyl (C=O) groups excluding carboxylic acids is 1. The molecule has 2 aliphatic rings. The Morgan fingerprint density at radius 2 is 1.95 bits per heavy atom. The molecule has 3 heteroatoms. The Balaban J connectivity index is 1.99. The lowest BCUT2D eigenvalue weighted by atomic mass is 9.68. The molecule has 2 rings (SSSR count). The molecule has 1 aliphatic heterocycles. The molecule has 2 fully saturated rings. The maximum Gasteiger partial charge on any atom is 0.137 e. The Bertz CT molecular complexity index is 348. The molecule has 21 heavy (non-hydrogen) atoms. The third-order valence-electron chi connectivity index (χ3n) is 5.65. The van der Waals surface area contributed by atoms with Crippen molar-refractivity contribution in [3.63, 3.8) is 0 Å². The molecule has 1 N–H and O–H groups in total. The van der Waals surface area contributed by atoms with Gasteiger partial charge >= 0.3 is 0 Å². The Hall–Kier alpha value is -0.410. The van der Waals surface area contributed by atoms with Crippen molar-refractivity contribution >= 4 is 5.78 Å². The van der Waals surface area contributed by atoms with Gasteiger partial charge in [-0.15, -0.1) is 0 Å². The van der Waals surface area contributed by atoms with Crippen LogP contribution < -0.4 is 0 Å². The second kappa shape index (κ2) is 7.23. The highest BCUT2D eigenvalue weighted by Crippen LogP contribution is 2.39. The summed E-state index contributed by atoms with van der Waals surface area (Å²) in [5.74, 6) is 1.30. The summed E-state index contributed by atoms with van der Waals surface area (Å²) in [6.07, 6.45) is 7.62. The third kappa shape index (κ3) is 4.53. The smallest absolute Gasteiger partial charge is 0.137 e. The van der Waals surface area contributed by atoms with Crippen LogP contribution in [0.25, 0.3) is 0 Å². The normalized spacial score (nSPS) is 33.0. The fourth-order valence-electron chi connectivity index (χ4n) is 4.04. The third-order valence-corrected chi connectivity index (χ3v) is 5.65. The van der Waals surface area contributed by atoms with Crippen LogP contribution >= 0.6 is 0 Å². The number of nitrogens with zero attached hydrogens (tertiary/aromatic N) is 1. The molecule has 0 bridgehead atoms. The lowest BCUT2D eigenvalue weighted by Crippen LogP contribution is -2.44. The minimum absolute atomic E-state index is 0.190. The zero-order valence-electron chi connectivity index (χ0n) is 14.1. The summed E-state index contributed by atoms with van der Waals surface area (Å²) in [6, 6.07) is 0.273. The second-order valence-corrected chi connectivity index (χ2v) is 8.18. The van der Waals surface area contributed by atoms with E-state index >= 15 is 0 Å². The van der Waals surface area contributed by atoms with Crippen molar-refractivity contribution < 1.29 is 9.90 Å². The fourth-order valence-corrected chi connectivity index (χ4v) is 4.04. The summed E-state index contributed by atoms with van der Waals surface area (Å²) in [4.78, 5) is 14.7. The van der Waals surface area contributed by atoms with Gasteiger partial charge in [0.05, 0.1) is 6.61 Å². The van der Waals surface area contributed by atoms with Gasteiger partial charge in [-0.1, -0.05) is 33.6 Å². The van der Waals surface area contributed by atoms with Gasteiger partial charge in [0.25, 0.3) is 0 Å². The Morgan fingerprint density at radius 1 is 1.19 bits per heavy atom. The number of carbonyl (C=O) groups is 1. The maximum atomic E-state index is 12.3. The van der Waals surface area contributed by atoms with Crippen LogP contribution in [-0.4, -0.2) is 41.5 Å². The van der Waals surface area contributed by atoms with E-state index in [1.165, 1.54) is 19.3 Å². The number of aliphatic hydroxyl groups is 1. The predicted molar refractivity (Wildman–Crippen MR) is 86.2 cm³/mol. The molecule has 0 spiro atoms. The number of rotatable bonds is 3. The standard InChI is InChI=1S/C18H33NO2/c1-18(2,3)15-8-9-17(21)14(11-15)12-19-10-6-4-5-7-16(19)13-20/h14-16,20H,4-13H2,1-3H3. The van der Waals surface area contributed by atoms with Crippen LogP contribution in [0.1, 0.15) is 65.7 Å². The number of hydrogen-bond donors (Lipinski definition) is 1. The van der Waals surface area contributed by atoms with Gasteiger partial charge in [-0.3, -0.25) is 9.69 Å². The summed E-state index contributed by atoms with van der Waals surface area (Å²) in [5, 5.41) is 9.64. The van der Waals surface area contributed by atoms with E-state index in [4.69, 9.17) is 0 Å². The summed E-state index contributed by atoms with van der Waals surface area (Å²) in [5.41, 5.74) is 0.300. The molecular weight excluding hydrogens is 262 g/mol. The van der Waals surface area contributed by atoms with Gasteiger partial charge in [-0.2, -0.15) is 0 Å². The number of Topliss-reactive ketones (excluding diaryl/α,β-unsaturated/α-hetero) is 1. The van der Waals surface area contributed by atoms with E-state index < -0.39 is 0 Å². The molecular formula is C18H33NO2. The lowest BCUT2D eigenvalue weighted by molar-refractivity contribution is -0.127. The fraction of sp³-hybridized carbons (Fsp3) is 0.944. The molecule has 3 nitrogen and oxygen atoms in total. The molecule has 0 radical (unpaired) electrons. The van der Waals surface area contributed by atoms with E-state index in [0.717, 1.165) is 38.8 Å². The van der Waals surface area contributed by atoms with E-state index in [-0.39, 0.29) is 18.6 Å². The minimum Gasteiger partial charge on any atom is -0.395 e. The van der Waals surface area contributed by atoms with E-state index in [0.29, 0.717) is 17.1 Å². The Labute approximate surface area is 130 Å². The highest BCUT2D eigenvalue weighted by Gasteiger charge is 2.36. The van der Waals surface area contributed by atoms with Crippen LogP contribution in [0.3, 0.4) is 0 Å². The van der Waals surface area contributed by atoms with Crippen LogP contribution in [0.2, 0.25) is 0 Å². The van der Waals surface area contributed by atoms with Crippen molar-refractivity contribution in [3.05, 3.63) is 0 Å². The minimum atomic E-state index is 0.190. The zero-order valence-corrected chi connectivity index (χ0v) is 14.1. The summed E-state index contributed by atoms with van der Waals surface area (Å²) >= 11 is 0. The number of likely N-dealkylation sites (tertiary alicyclic amines) is 1. The highest BCUT2D eigenvalue weighted by atomic mass is 16.3. The maximum absolute atomic E-state index is 12.3. The van der Waals surface area contributed by atoms with Gasteiger partial charge in [0.2, 0.25) is 0 Å². The largest absolute Gasteiger partial charge is 0.395 e. The van der Waals surface area contributed by atoms with Crippen LogP contribution in [0.5, 0.6) is 0 Å². The van der Waals surface area contributed by atoms with Gasteiger partial charge < -0.3 is 5.11 Å². The summed E-state index contributed by atoms with van der Waals surface area (Å²) in [7, 11) is 0. The van der Waals surface area contributed by atoms with Crippen molar-refractivity contribution in [2.24, 2.45) is 17.3 Å². The van der Waals surface area contributed by atoms with Gasteiger partial charge in [-0.05, 0) is 43.6 Å². The molecule has 0 amide bonds. The Kier molecular flexibility index (Phi) is 5.84. The van der Waals surface area contributed by atoms with Gasteiger partial charge in [-0.25, -0.2) is 0 Å². The van der Waals surface area contributed by atoms with Crippen molar-refractivity contribution in [3.8, 4) is 0 Å². The quantitative estimate of drug-likeness (QED) is 0.869. The van der Waals surface area contributed by atoms with E-state index in [1.807, 2.05) is 0 Å². The molecule has 122 valence electrons. The first-order valence-corrected chi connectivity index (χ1v) is 8.79. The molecule has 0 aromatic carbocycles. The van der Waals surface area contributed by atoms with E-state index in [2.05, 4.69) is 25.7 Å². The Morgan fingerprint density at radius 3 is 2.62 bits per heavy atom. The molecule has 0 aromatic rings. The van der Waals surface area contributed by atoms with Gasteiger partial charge in [0.1, 0.15) is 5.78 Å². The zero-order chi connectivity index (χ0) is 15.5. The van der Waals surface area contributed by atoms with Crippen molar-refractivity contribution in [1.29, 1.82) is 0 Å². The number of ketones is 1. The van der Waals surface area contributed by atoms with Crippen molar-refractivity contribution in [2.75, 3.05) is 19.7 Å². The summed E-state index contributed by atoms with van der Waals surface area (Å²) in [6.45, 7) is 9.06.